The molecule has 5 rings (SSSR count). The molecule has 0 spiro atoms. The van der Waals surface area contributed by atoms with Gasteiger partial charge in [-0.25, -0.2) is 10.9 Å². The fraction of sp³-hybridized carbons (Fsp3) is 0.100. The molecule has 0 aromatic heterocycles. The summed E-state index contributed by atoms with van der Waals surface area (Å²) in [5.74, 6) is 0. The van der Waals surface area contributed by atoms with Gasteiger partial charge < -0.3 is 0 Å². The molecule has 0 saturated carbocycles. The lowest BCUT2D eigenvalue weighted by Crippen LogP contribution is -2.63. The van der Waals surface area contributed by atoms with Gasteiger partial charge in [0.15, 0.2) is 0 Å². The molecule has 3 aliphatic rings. The van der Waals surface area contributed by atoms with Crippen LogP contribution in [0.15, 0.2) is 59.9 Å². The molecule has 3 aliphatic heterocycles. The zero-order valence-corrected chi connectivity index (χ0v) is 13.7. The van der Waals surface area contributed by atoms with Crippen LogP contribution >= 0.6 is 0 Å². The average Bonchev–Trinajstić information content (AvgIpc) is 2.71. The number of hydrazine groups is 2. The van der Waals surface area contributed by atoms with E-state index in [2.05, 4.69) is 23.0 Å². The van der Waals surface area contributed by atoms with E-state index in [0.29, 0.717) is 11.4 Å². The fourth-order valence-corrected chi connectivity index (χ4v) is 3.75. The third kappa shape index (κ3) is 1.98. The zero-order valence-electron chi connectivity index (χ0n) is 13.7. The van der Waals surface area contributed by atoms with Crippen molar-refractivity contribution in [3.63, 3.8) is 0 Å². The van der Waals surface area contributed by atoms with Gasteiger partial charge in [-0.1, -0.05) is 48.5 Å². The lowest BCUT2D eigenvalue weighted by Gasteiger charge is -2.51. The van der Waals surface area contributed by atoms with Gasteiger partial charge in [-0.3, -0.25) is 10.0 Å². The largest absolute Gasteiger partial charge is 0.273 e. The summed E-state index contributed by atoms with van der Waals surface area (Å²) in [6.45, 7) is 0. The van der Waals surface area contributed by atoms with E-state index >= 15 is 0 Å². The van der Waals surface area contributed by atoms with Gasteiger partial charge in [0, 0.05) is 0 Å². The predicted molar refractivity (Wildman–Crippen MR) is 95.5 cm³/mol. The molecule has 2 aromatic rings. The lowest BCUT2D eigenvalue weighted by atomic mass is 9.97. The molecule has 6 nitrogen and oxygen atoms in total. The van der Waals surface area contributed by atoms with E-state index in [1.165, 1.54) is 0 Å². The number of hydrogen-bond acceptors (Lipinski definition) is 6. The molecule has 26 heavy (non-hydrogen) atoms. The quantitative estimate of drug-likeness (QED) is 0.769. The molecule has 0 radical (unpaired) electrons. The molecule has 0 unspecified atom stereocenters. The van der Waals surface area contributed by atoms with Crippen molar-refractivity contribution in [3.8, 4) is 12.1 Å². The van der Waals surface area contributed by atoms with Crippen LogP contribution in [0.5, 0.6) is 0 Å². The molecule has 124 valence electrons. The standard InChI is InChI=1S/C20H14N6/c21-11-15-9-13-5-1-3-7-17(13)19-23-26-16(12-22)10-14-6-2-4-8-18(14)20(26)24-25(15)19/h1-10,19-20,23-24H/t19-,20+. The summed E-state index contributed by atoms with van der Waals surface area (Å²) in [7, 11) is 0. The lowest BCUT2D eigenvalue weighted by molar-refractivity contribution is -0.0532. The first-order valence-corrected chi connectivity index (χ1v) is 8.32. The summed E-state index contributed by atoms with van der Waals surface area (Å²) in [4.78, 5) is 0. The Morgan fingerprint density at radius 2 is 1.12 bits per heavy atom. The number of allylic oxidation sites excluding steroid dienone is 2. The van der Waals surface area contributed by atoms with Gasteiger partial charge in [0.1, 0.15) is 35.9 Å². The summed E-state index contributed by atoms with van der Waals surface area (Å²) < 4.78 is 0. The predicted octanol–water partition coefficient (Wildman–Crippen LogP) is 2.77. The summed E-state index contributed by atoms with van der Waals surface area (Å²) in [5, 5.41) is 23.0. The number of rotatable bonds is 0. The van der Waals surface area contributed by atoms with Crippen molar-refractivity contribution in [2.24, 2.45) is 0 Å². The van der Waals surface area contributed by atoms with E-state index in [1.807, 2.05) is 70.7 Å². The van der Waals surface area contributed by atoms with E-state index in [-0.39, 0.29) is 12.3 Å². The normalized spacial score (nSPS) is 22.5. The van der Waals surface area contributed by atoms with E-state index in [0.717, 1.165) is 22.3 Å². The third-order valence-corrected chi connectivity index (χ3v) is 4.95. The highest BCUT2D eigenvalue weighted by molar-refractivity contribution is 5.65. The average molecular weight is 338 g/mol. The van der Waals surface area contributed by atoms with Crippen LogP contribution in [-0.2, 0) is 0 Å². The number of benzene rings is 2. The molecule has 1 fully saturated rings. The first kappa shape index (κ1) is 14.7. The van der Waals surface area contributed by atoms with Crippen LogP contribution in [0, 0.1) is 22.7 Å². The number of nitriles is 2. The topological polar surface area (TPSA) is 78.1 Å². The Balaban J connectivity index is 1.65. The van der Waals surface area contributed by atoms with Crippen LogP contribution in [0.2, 0.25) is 0 Å². The number of hydrogen-bond donors (Lipinski definition) is 2. The van der Waals surface area contributed by atoms with E-state index in [4.69, 9.17) is 0 Å². The zero-order chi connectivity index (χ0) is 17.7. The van der Waals surface area contributed by atoms with Crippen LogP contribution in [0.3, 0.4) is 0 Å². The molecule has 6 heteroatoms. The highest BCUT2D eigenvalue weighted by Gasteiger charge is 2.41. The van der Waals surface area contributed by atoms with E-state index < -0.39 is 0 Å². The first-order chi connectivity index (χ1) is 12.8. The van der Waals surface area contributed by atoms with Crippen molar-refractivity contribution in [1.29, 1.82) is 10.5 Å². The second-order valence-corrected chi connectivity index (χ2v) is 6.34. The van der Waals surface area contributed by atoms with Gasteiger partial charge in [-0.15, -0.1) is 0 Å². The van der Waals surface area contributed by atoms with E-state index in [1.54, 1.807) is 0 Å². The minimum absolute atomic E-state index is 0.274. The highest BCUT2D eigenvalue weighted by atomic mass is 15.8. The minimum Gasteiger partial charge on any atom is -0.273 e. The molecular formula is C20H14N6. The summed E-state index contributed by atoms with van der Waals surface area (Å²) in [6.07, 6.45) is 3.21. The minimum atomic E-state index is -0.274. The fourth-order valence-electron chi connectivity index (χ4n) is 3.75. The molecule has 2 N–H and O–H groups in total. The Labute approximate surface area is 150 Å². The van der Waals surface area contributed by atoms with Gasteiger partial charge in [-0.05, 0) is 34.4 Å². The molecular weight excluding hydrogens is 324 g/mol. The third-order valence-electron chi connectivity index (χ3n) is 4.95. The Morgan fingerprint density at radius 1 is 0.692 bits per heavy atom. The summed E-state index contributed by atoms with van der Waals surface area (Å²) in [6, 6.07) is 20.4. The maximum atomic E-state index is 9.64. The Morgan fingerprint density at radius 3 is 1.54 bits per heavy atom. The maximum Gasteiger partial charge on any atom is 0.139 e. The van der Waals surface area contributed by atoms with Gasteiger partial charge in [0.25, 0.3) is 0 Å². The molecule has 0 amide bonds. The summed E-state index contributed by atoms with van der Waals surface area (Å²) in [5.41, 5.74) is 12.0. The number of fused-ring (bicyclic) bond motifs is 6. The highest BCUT2D eigenvalue weighted by Crippen LogP contribution is 2.40. The Bertz CT molecular complexity index is 969. The second kappa shape index (κ2) is 5.47. The summed E-state index contributed by atoms with van der Waals surface area (Å²) >= 11 is 0. The number of nitrogens with zero attached hydrogens (tertiary/aromatic N) is 4. The molecule has 2 atom stereocenters. The van der Waals surface area contributed by atoms with Crippen molar-refractivity contribution in [3.05, 3.63) is 82.2 Å². The van der Waals surface area contributed by atoms with Gasteiger partial charge in [0.2, 0.25) is 0 Å². The van der Waals surface area contributed by atoms with Gasteiger partial charge in [-0.2, -0.15) is 10.5 Å². The maximum absolute atomic E-state index is 9.64. The first-order valence-electron chi connectivity index (χ1n) is 8.32. The van der Waals surface area contributed by atoms with E-state index in [9.17, 15) is 10.5 Å². The smallest absolute Gasteiger partial charge is 0.139 e. The Kier molecular flexibility index (Phi) is 3.10. The van der Waals surface area contributed by atoms with Crippen LogP contribution in [0.1, 0.15) is 34.6 Å². The van der Waals surface area contributed by atoms with Crippen LogP contribution in [-0.4, -0.2) is 10.0 Å². The SMILES string of the molecule is N#CC1=Cc2ccccc2[C@H]2NN3C(C#N)=Cc4ccccc4[C@@H]3NN12. The Hall–Kier alpha value is -3.58. The van der Waals surface area contributed by atoms with Crippen molar-refractivity contribution >= 4 is 12.2 Å². The van der Waals surface area contributed by atoms with Crippen molar-refractivity contribution in [2.45, 2.75) is 12.3 Å². The van der Waals surface area contributed by atoms with Crippen LogP contribution in [0.4, 0.5) is 0 Å². The monoisotopic (exact) mass is 338 g/mol. The molecule has 3 heterocycles. The number of nitrogens with one attached hydrogen (secondary N) is 2. The van der Waals surface area contributed by atoms with Crippen molar-refractivity contribution in [1.82, 2.24) is 20.9 Å². The van der Waals surface area contributed by atoms with Crippen molar-refractivity contribution in [2.75, 3.05) is 0 Å². The molecule has 1 saturated heterocycles. The molecule has 0 aliphatic carbocycles. The van der Waals surface area contributed by atoms with Gasteiger partial charge in [0.05, 0.1) is 0 Å². The van der Waals surface area contributed by atoms with Gasteiger partial charge >= 0.3 is 0 Å². The van der Waals surface area contributed by atoms with Crippen LogP contribution in [0.25, 0.3) is 12.2 Å². The molecule has 0 bridgehead atoms. The molecule has 2 aromatic carbocycles. The van der Waals surface area contributed by atoms with Crippen molar-refractivity contribution < 1.29 is 0 Å². The second-order valence-electron chi connectivity index (χ2n) is 6.34. The van der Waals surface area contributed by atoms with Crippen LogP contribution < -0.4 is 10.9 Å².